The second-order valence-corrected chi connectivity index (χ2v) is 6.65. The topological polar surface area (TPSA) is 115 Å². The number of imidazole rings is 1. The molecule has 0 spiro atoms. The van der Waals surface area contributed by atoms with Crippen molar-refractivity contribution in [2.24, 2.45) is 0 Å². The number of rotatable bonds is 5. The molecule has 144 valence electrons. The smallest absolute Gasteiger partial charge is 0.292 e. The van der Waals surface area contributed by atoms with Gasteiger partial charge in [-0.2, -0.15) is 0 Å². The third-order valence-corrected chi connectivity index (χ3v) is 4.61. The van der Waals surface area contributed by atoms with E-state index >= 15 is 0 Å². The highest BCUT2D eigenvalue weighted by molar-refractivity contribution is 6.03. The summed E-state index contributed by atoms with van der Waals surface area (Å²) >= 11 is 0. The second-order valence-electron chi connectivity index (χ2n) is 6.65. The molecule has 0 radical (unpaired) electrons. The van der Waals surface area contributed by atoms with Crippen LogP contribution in [0.25, 0.3) is 0 Å². The van der Waals surface area contributed by atoms with Gasteiger partial charge >= 0.3 is 0 Å². The van der Waals surface area contributed by atoms with E-state index in [0.29, 0.717) is 36.8 Å². The number of aryl methyl sites for hydroxylation is 1. The van der Waals surface area contributed by atoms with Crippen LogP contribution in [0.1, 0.15) is 51.0 Å². The average molecular weight is 380 g/mol. The first kappa shape index (κ1) is 17.9. The fourth-order valence-corrected chi connectivity index (χ4v) is 3.26. The van der Waals surface area contributed by atoms with Crippen LogP contribution in [0.4, 0.5) is 5.82 Å². The van der Waals surface area contributed by atoms with E-state index in [-0.39, 0.29) is 11.7 Å². The van der Waals surface area contributed by atoms with Crippen molar-refractivity contribution < 1.29 is 14.1 Å². The molecule has 1 aliphatic rings. The van der Waals surface area contributed by atoms with Crippen LogP contribution in [0.15, 0.2) is 35.1 Å². The molecule has 2 amide bonds. The first-order valence-corrected chi connectivity index (χ1v) is 9.13. The second kappa shape index (κ2) is 7.63. The van der Waals surface area contributed by atoms with E-state index in [2.05, 4.69) is 25.8 Å². The van der Waals surface area contributed by atoms with Crippen LogP contribution in [0.3, 0.4) is 0 Å². The molecule has 4 rings (SSSR count). The molecule has 0 fully saturated rings. The summed E-state index contributed by atoms with van der Waals surface area (Å²) in [5.41, 5.74) is 2.03. The fraction of sp³-hybridized carbons (Fsp3) is 0.316. The molecule has 3 aromatic rings. The Hall–Kier alpha value is -3.49. The molecule has 3 aromatic heterocycles. The zero-order valence-corrected chi connectivity index (χ0v) is 15.4. The van der Waals surface area contributed by atoms with Crippen molar-refractivity contribution in [3.63, 3.8) is 0 Å². The fourth-order valence-electron chi connectivity index (χ4n) is 3.26. The van der Waals surface area contributed by atoms with Crippen molar-refractivity contribution in [3.05, 3.63) is 59.1 Å². The summed E-state index contributed by atoms with van der Waals surface area (Å²) in [5.74, 6) is 0.420. The molecule has 1 aliphatic heterocycles. The summed E-state index contributed by atoms with van der Waals surface area (Å²) in [5, 5.41) is 9.31. The van der Waals surface area contributed by atoms with E-state index in [1.165, 1.54) is 0 Å². The lowest BCUT2D eigenvalue weighted by atomic mass is 10.1. The predicted molar refractivity (Wildman–Crippen MR) is 99.8 cm³/mol. The lowest BCUT2D eigenvalue weighted by Crippen LogP contribution is -2.25. The molecule has 0 aliphatic carbocycles. The molecule has 0 bridgehead atoms. The van der Waals surface area contributed by atoms with Crippen LogP contribution in [-0.4, -0.2) is 31.5 Å². The summed E-state index contributed by atoms with van der Waals surface area (Å²) < 4.78 is 6.80. The maximum absolute atomic E-state index is 12.7. The number of nitrogens with zero attached hydrogens (tertiary/aromatic N) is 4. The largest absolute Gasteiger partial charge is 0.360 e. The molecule has 0 saturated heterocycles. The van der Waals surface area contributed by atoms with Gasteiger partial charge in [0.1, 0.15) is 11.5 Å². The molecule has 9 nitrogen and oxygen atoms in total. The highest BCUT2D eigenvalue weighted by atomic mass is 16.5. The number of nitrogens with one attached hydrogen (secondary N) is 2. The Morgan fingerprint density at radius 2 is 2.04 bits per heavy atom. The molecule has 0 unspecified atom stereocenters. The molecule has 9 heteroatoms. The molecular formula is C19H20N6O3. The van der Waals surface area contributed by atoms with Crippen LogP contribution in [-0.2, 0) is 19.5 Å². The van der Waals surface area contributed by atoms with Gasteiger partial charge in [-0.05, 0) is 43.9 Å². The van der Waals surface area contributed by atoms with Crippen LogP contribution < -0.4 is 10.6 Å². The summed E-state index contributed by atoms with van der Waals surface area (Å²) in [6.45, 7) is 2.76. The Balaban J connectivity index is 1.56. The maximum atomic E-state index is 12.7. The van der Waals surface area contributed by atoms with E-state index in [1.54, 1.807) is 25.4 Å². The molecule has 2 N–H and O–H groups in total. The SMILES string of the molecule is Cc1cc(NC(=O)c2nc(C(=O)NCc3ccncc3)c3n2CCCC3)no1. The number of hydrogen-bond donors (Lipinski definition) is 2. The maximum Gasteiger partial charge on any atom is 0.292 e. The van der Waals surface area contributed by atoms with E-state index in [0.717, 1.165) is 24.1 Å². The van der Waals surface area contributed by atoms with Gasteiger partial charge in [-0.1, -0.05) is 5.16 Å². The van der Waals surface area contributed by atoms with Gasteiger partial charge in [-0.25, -0.2) is 4.98 Å². The van der Waals surface area contributed by atoms with Crippen molar-refractivity contribution >= 4 is 17.6 Å². The zero-order valence-electron chi connectivity index (χ0n) is 15.4. The van der Waals surface area contributed by atoms with Gasteiger partial charge in [-0.15, -0.1) is 0 Å². The van der Waals surface area contributed by atoms with Gasteiger partial charge < -0.3 is 19.7 Å². The Morgan fingerprint density at radius 1 is 1.21 bits per heavy atom. The molecule has 0 atom stereocenters. The lowest BCUT2D eigenvalue weighted by Gasteiger charge is -2.16. The van der Waals surface area contributed by atoms with Gasteiger partial charge in [0.05, 0.1) is 5.69 Å². The van der Waals surface area contributed by atoms with E-state index in [4.69, 9.17) is 4.52 Å². The van der Waals surface area contributed by atoms with E-state index in [1.807, 2.05) is 16.7 Å². The molecule has 0 saturated carbocycles. The Labute approximate surface area is 161 Å². The van der Waals surface area contributed by atoms with E-state index in [9.17, 15) is 9.59 Å². The van der Waals surface area contributed by atoms with Gasteiger partial charge in [0.25, 0.3) is 11.8 Å². The minimum Gasteiger partial charge on any atom is -0.360 e. The van der Waals surface area contributed by atoms with Gasteiger partial charge in [-0.3, -0.25) is 14.6 Å². The van der Waals surface area contributed by atoms with Crippen LogP contribution in [0.5, 0.6) is 0 Å². The van der Waals surface area contributed by atoms with Crippen molar-refractivity contribution in [2.75, 3.05) is 5.32 Å². The summed E-state index contributed by atoms with van der Waals surface area (Å²) in [6, 6.07) is 5.30. The van der Waals surface area contributed by atoms with Gasteiger partial charge in [0, 0.05) is 31.5 Å². The average Bonchev–Trinajstić information content (AvgIpc) is 3.30. The van der Waals surface area contributed by atoms with Gasteiger partial charge in [0.2, 0.25) is 0 Å². The first-order chi connectivity index (χ1) is 13.6. The standard InChI is InChI=1S/C19H20N6O3/c1-12-10-15(24-28-12)22-19(27)17-23-16(14-4-2-3-9-25(14)17)18(26)21-11-13-5-7-20-8-6-13/h5-8,10H,2-4,9,11H2,1H3,(H,21,26)(H,22,24,27). The number of aromatic nitrogens is 4. The number of fused-ring (bicyclic) bond motifs is 1. The molecular weight excluding hydrogens is 360 g/mol. The summed E-state index contributed by atoms with van der Waals surface area (Å²) in [4.78, 5) is 33.8. The number of pyridine rings is 1. The normalized spacial score (nSPS) is 13.0. The highest BCUT2D eigenvalue weighted by Gasteiger charge is 2.27. The lowest BCUT2D eigenvalue weighted by molar-refractivity contribution is 0.0945. The van der Waals surface area contributed by atoms with Crippen molar-refractivity contribution in [3.8, 4) is 0 Å². The number of amides is 2. The number of hydrogen-bond acceptors (Lipinski definition) is 6. The number of carbonyl (C=O) groups excluding carboxylic acids is 2. The van der Waals surface area contributed by atoms with Crippen molar-refractivity contribution in [2.45, 2.75) is 39.3 Å². The van der Waals surface area contributed by atoms with Crippen molar-refractivity contribution in [1.29, 1.82) is 0 Å². The van der Waals surface area contributed by atoms with Gasteiger partial charge in [0.15, 0.2) is 11.6 Å². The van der Waals surface area contributed by atoms with Crippen LogP contribution in [0, 0.1) is 6.92 Å². The predicted octanol–water partition coefficient (Wildman–Crippen LogP) is 2.09. The third-order valence-electron chi connectivity index (χ3n) is 4.61. The Bertz CT molecular complexity index is 1010. The van der Waals surface area contributed by atoms with Crippen LogP contribution in [0.2, 0.25) is 0 Å². The number of anilines is 1. The minimum atomic E-state index is -0.412. The monoisotopic (exact) mass is 380 g/mol. The first-order valence-electron chi connectivity index (χ1n) is 9.13. The number of carbonyl (C=O) groups is 2. The van der Waals surface area contributed by atoms with Crippen molar-refractivity contribution in [1.82, 2.24) is 25.0 Å². The third kappa shape index (κ3) is 3.64. The quantitative estimate of drug-likeness (QED) is 0.700. The zero-order chi connectivity index (χ0) is 19.5. The summed E-state index contributed by atoms with van der Waals surface area (Å²) in [7, 11) is 0. The van der Waals surface area contributed by atoms with Crippen LogP contribution >= 0.6 is 0 Å². The molecule has 4 heterocycles. The minimum absolute atomic E-state index is 0.212. The van der Waals surface area contributed by atoms with E-state index < -0.39 is 5.91 Å². The Kier molecular flexibility index (Phi) is 4.88. The Morgan fingerprint density at radius 3 is 2.79 bits per heavy atom. The molecule has 0 aromatic carbocycles. The highest BCUT2D eigenvalue weighted by Crippen LogP contribution is 2.22. The molecule has 28 heavy (non-hydrogen) atoms. The summed E-state index contributed by atoms with van der Waals surface area (Å²) in [6.07, 6.45) is 5.95.